The van der Waals surface area contributed by atoms with E-state index >= 15 is 0 Å². The molecular weight excluding hydrogens is 504 g/mol. The molecule has 2 amide bonds. The van der Waals surface area contributed by atoms with E-state index in [0.717, 1.165) is 19.3 Å². The Labute approximate surface area is 215 Å². The molecule has 0 saturated carbocycles. The van der Waals surface area contributed by atoms with E-state index in [-0.39, 0.29) is 5.70 Å². The number of fused-ring (bicyclic) bond motifs is 2. The molecule has 2 aliphatic heterocycles. The van der Waals surface area contributed by atoms with Crippen LogP contribution >= 0.6 is 23.1 Å². The second-order valence-electron chi connectivity index (χ2n) is 8.64. The summed E-state index contributed by atoms with van der Waals surface area (Å²) in [5.41, 5.74) is 9.27. The van der Waals surface area contributed by atoms with Crippen LogP contribution in [0.1, 0.15) is 29.3 Å². The minimum atomic E-state index is -1.15. The number of β-lactam (4-membered cyclic amide) rings is 1. The summed E-state index contributed by atoms with van der Waals surface area (Å²) in [7, 11) is 1.35. The Balaban J connectivity index is 1.35. The topological polar surface area (TPSA) is 151 Å². The van der Waals surface area contributed by atoms with E-state index < -0.39 is 35.1 Å². The van der Waals surface area contributed by atoms with Crippen LogP contribution in [-0.4, -0.2) is 63.3 Å². The molecule has 4 N–H and O–H groups in total. The van der Waals surface area contributed by atoms with Crippen molar-refractivity contribution in [3.8, 4) is 0 Å². The number of oxime groups is 1. The summed E-state index contributed by atoms with van der Waals surface area (Å²) in [6.45, 7) is 0.409. The van der Waals surface area contributed by atoms with Crippen LogP contribution in [0, 0.1) is 0 Å². The van der Waals surface area contributed by atoms with E-state index in [0.29, 0.717) is 28.7 Å². The molecule has 0 radical (unpaired) electrons. The fourth-order valence-electron chi connectivity index (χ4n) is 4.86. The van der Waals surface area contributed by atoms with Crippen molar-refractivity contribution in [1.29, 1.82) is 0 Å². The summed E-state index contributed by atoms with van der Waals surface area (Å²) in [6.07, 6.45) is 6.30. The van der Waals surface area contributed by atoms with Gasteiger partial charge in [-0.15, -0.1) is 23.1 Å². The number of nitrogen functional groups attached to an aromatic ring is 1. The summed E-state index contributed by atoms with van der Waals surface area (Å²) >= 11 is 2.63. The predicted molar refractivity (Wildman–Crippen MR) is 133 cm³/mol. The standard InChI is InChI=1S/C23H24N6O5S2/c1-34-25-8-14(15-11-36-23(24)26-15)19(30)27-17-20(31)29-18(22(32)33)13(10-35-21(17)29)9-28-7-3-5-12-4-2-6-16(12)28/h3,5,7-8,11,14,17,21H,2,4,6,9-10H2,1H3,(H3-,24,26,27,30,32,33)/p+1/b25-8+/t14-,17+,21+/m0/s1. The van der Waals surface area contributed by atoms with Crippen molar-refractivity contribution in [2.75, 3.05) is 18.6 Å². The number of aromatic nitrogens is 2. The zero-order valence-electron chi connectivity index (χ0n) is 19.4. The molecule has 11 nitrogen and oxygen atoms in total. The Morgan fingerprint density at radius 1 is 1.47 bits per heavy atom. The number of rotatable bonds is 8. The molecule has 1 fully saturated rings. The average Bonchev–Trinajstić information content (AvgIpc) is 3.52. The molecule has 1 aliphatic carbocycles. The Morgan fingerprint density at radius 2 is 2.31 bits per heavy atom. The van der Waals surface area contributed by atoms with Crippen molar-refractivity contribution < 1.29 is 28.9 Å². The van der Waals surface area contributed by atoms with Crippen molar-refractivity contribution in [3.63, 3.8) is 0 Å². The van der Waals surface area contributed by atoms with Crippen LogP contribution in [0.4, 0.5) is 5.13 Å². The monoisotopic (exact) mass is 529 g/mol. The molecule has 2 aromatic heterocycles. The Bertz CT molecular complexity index is 1290. The molecule has 1 saturated heterocycles. The lowest BCUT2D eigenvalue weighted by Gasteiger charge is -2.49. The van der Waals surface area contributed by atoms with Crippen LogP contribution in [0.25, 0.3) is 0 Å². The lowest BCUT2D eigenvalue weighted by molar-refractivity contribution is -0.696. The summed E-state index contributed by atoms with van der Waals surface area (Å²) in [4.78, 5) is 48.6. The van der Waals surface area contributed by atoms with Crippen LogP contribution in [-0.2, 0) is 38.6 Å². The third-order valence-corrected chi connectivity index (χ3v) is 8.54. The summed E-state index contributed by atoms with van der Waals surface area (Å²) in [6, 6.07) is 3.22. The maximum absolute atomic E-state index is 13.1. The number of aliphatic carboxylic acids is 1. The van der Waals surface area contributed by atoms with E-state index in [2.05, 4.69) is 26.1 Å². The maximum atomic E-state index is 13.1. The molecule has 0 bridgehead atoms. The van der Waals surface area contributed by atoms with Gasteiger partial charge in [0.05, 0.1) is 11.9 Å². The number of nitrogens with one attached hydrogen (secondary N) is 1. The summed E-state index contributed by atoms with van der Waals surface area (Å²) in [5, 5.41) is 17.9. The minimum Gasteiger partial charge on any atom is -0.477 e. The van der Waals surface area contributed by atoms with E-state index in [1.807, 2.05) is 12.3 Å². The van der Waals surface area contributed by atoms with Crippen molar-refractivity contribution >= 4 is 52.2 Å². The summed E-state index contributed by atoms with van der Waals surface area (Å²) < 4.78 is 2.09. The van der Waals surface area contributed by atoms with Crippen LogP contribution in [0.2, 0.25) is 0 Å². The molecule has 0 aromatic carbocycles. The average molecular weight is 530 g/mol. The highest BCUT2D eigenvalue weighted by atomic mass is 32.2. The third kappa shape index (κ3) is 4.32. The molecule has 3 atom stereocenters. The van der Waals surface area contributed by atoms with Crippen molar-refractivity contribution in [3.05, 3.63) is 51.9 Å². The quantitative estimate of drug-likeness (QED) is 0.195. The first-order valence-electron chi connectivity index (χ1n) is 11.4. The van der Waals surface area contributed by atoms with Crippen LogP contribution in [0.3, 0.4) is 0 Å². The van der Waals surface area contributed by atoms with Crippen LogP contribution in [0.5, 0.6) is 0 Å². The van der Waals surface area contributed by atoms with Gasteiger partial charge < -0.3 is 21.0 Å². The molecular formula is C23H25N6O5S2+. The zero-order valence-corrected chi connectivity index (χ0v) is 21.1. The lowest BCUT2D eigenvalue weighted by Crippen LogP contribution is -2.71. The van der Waals surface area contributed by atoms with Gasteiger partial charge in [0.15, 0.2) is 23.6 Å². The number of thioether (sulfide) groups is 1. The van der Waals surface area contributed by atoms with Gasteiger partial charge in [-0.1, -0.05) is 5.16 Å². The molecule has 36 heavy (non-hydrogen) atoms. The molecule has 13 heteroatoms. The lowest BCUT2D eigenvalue weighted by atomic mass is 10.0. The SMILES string of the molecule is CO/N=C/[C@H](C(=O)N[C@@H]1C(=O)N2C(C(=O)O)=C(C[n+]3cccc4c3CCC4)CS[C@H]12)c1csc(N)n1. The minimum absolute atomic E-state index is 0.00196. The number of carboxylic acids is 1. The smallest absolute Gasteiger partial charge is 0.352 e. The number of aryl methyl sites for hydroxylation is 1. The van der Waals surface area contributed by atoms with Gasteiger partial charge in [0, 0.05) is 34.8 Å². The number of thiazole rings is 1. The zero-order chi connectivity index (χ0) is 25.4. The highest BCUT2D eigenvalue weighted by Gasteiger charge is 2.55. The number of amides is 2. The van der Waals surface area contributed by atoms with Crippen molar-refractivity contribution in [2.45, 2.75) is 43.1 Å². The fourth-order valence-corrected chi connectivity index (χ4v) is 6.79. The van der Waals surface area contributed by atoms with E-state index in [1.54, 1.807) is 5.38 Å². The normalized spacial score (nSPS) is 21.7. The number of nitrogens with two attached hydrogens (primary N) is 1. The molecule has 0 spiro atoms. The number of hydrogen-bond acceptors (Lipinski definition) is 9. The number of carbonyl (C=O) groups excluding carboxylic acids is 2. The van der Waals surface area contributed by atoms with E-state index in [4.69, 9.17) is 10.6 Å². The number of hydrogen-bond donors (Lipinski definition) is 3. The van der Waals surface area contributed by atoms with E-state index in [1.165, 1.54) is 52.6 Å². The number of pyridine rings is 1. The molecule has 0 unspecified atom stereocenters. The van der Waals surface area contributed by atoms with E-state index in [9.17, 15) is 19.5 Å². The second-order valence-corrected chi connectivity index (χ2v) is 10.6. The first kappa shape index (κ1) is 24.3. The van der Waals surface area contributed by atoms with Gasteiger partial charge in [-0.25, -0.2) is 9.78 Å². The van der Waals surface area contributed by atoms with Gasteiger partial charge in [0.2, 0.25) is 5.91 Å². The molecule has 4 heterocycles. The number of nitrogens with zero attached hydrogens (tertiary/aromatic N) is 4. The first-order valence-corrected chi connectivity index (χ1v) is 13.3. The highest BCUT2D eigenvalue weighted by Crippen LogP contribution is 2.40. The maximum Gasteiger partial charge on any atom is 0.352 e. The van der Waals surface area contributed by atoms with Gasteiger partial charge in [0.25, 0.3) is 5.91 Å². The number of carboxylic acid groups (broad SMARTS) is 1. The van der Waals surface area contributed by atoms with Crippen molar-refractivity contribution in [2.24, 2.45) is 5.16 Å². The first-order chi connectivity index (χ1) is 17.4. The van der Waals surface area contributed by atoms with Crippen molar-refractivity contribution in [1.82, 2.24) is 15.2 Å². The number of carbonyl (C=O) groups is 3. The highest BCUT2D eigenvalue weighted by molar-refractivity contribution is 8.00. The molecule has 5 rings (SSSR count). The van der Waals surface area contributed by atoms with Crippen LogP contribution < -0.4 is 15.6 Å². The third-order valence-electron chi connectivity index (χ3n) is 6.51. The number of anilines is 1. The van der Waals surface area contributed by atoms with Gasteiger partial charge in [-0.2, -0.15) is 4.57 Å². The van der Waals surface area contributed by atoms with Gasteiger partial charge >= 0.3 is 5.97 Å². The van der Waals surface area contributed by atoms with Crippen LogP contribution in [0.15, 0.2) is 40.1 Å². The van der Waals surface area contributed by atoms with Gasteiger partial charge in [-0.05, 0) is 18.9 Å². The Kier molecular flexibility index (Phi) is 6.67. The second kappa shape index (κ2) is 9.90. The largest absolute Gasteiger partial charge is 0.477 e. The summed E-state index contributed by atoms with van der Waals surface area (Å²) in [5.74, 6) is -2.57. The van der Waals surface area contributed by atoms with Gasteiger partial charge in [-0.3, -0.25) is 14.5 Å². The predicted octanol–water partition coefficient (Wildman–Crippen LogP) is 0.656. The molecule has 2 aromatic rings. The molecule has 188 valence electrons. The fraction of sp³-hybridized carbons (Fsp3) is 0.391. The van der Waals surface area contributed by atoms with Gasteiger partial charge in [0.1, 0.15) is 30.1 Å². The Morgan fingerprint density at radius 3 is 3.03 bits per heavy atom. The molecule has 3 aliphatic rings. The Hall–Kier alpha value is -3.45.